The molecular formula is C22H16ClF2N3O. The third-order valence-corrected chi connectivity index (χ3v) is 4.89. The first kappa shape index (κ1) is 19.1. The van der Waals surface area contributed by atoms with Crippen LogP contribution in [0.1, 0.15) is 27.8 Å². The van der Waals surface area contributed by atoms with Crippen molar-refractivity contribution in [3.63, 3.8) is 0 Å². The van der Waals surface area contributed by atoms with Crippen LogP contribution in [-0.4, -0.2) is 15.9 Å². The molecule has 0 spiro atoms. The van der Waals surface area contributed by atoms with Crippen LogP contribution >= 0.6 is 11.6 Å². The van der Waals surface area contributed by atoms with Crippen molar-refractivity contribution in [2.24, 2.45) is 0 Å². The summed E-state index contributed by atoms with van der Waals surface area (Å²) in [5, 5.41) is 2.68. The number of hydrogen-bond donors (Lipinski definition) is 2. The number of amides is 1. The minimum absolute atomic E-state index is 0.139. The lowest BCUT2D eigenvalue weighted by atomic mass is 10.0. The van der Waals surface area contributed by atoms with E-state index >= 15 is 0 Å². The Balaban J connectivity index is 1.68. The minimum atomic E-state index is -1.14. The summed E-state index contributed by atoms with van der Waals surface area (Å²) in [4.78, 5) is 20.6. The van der Waals surface area contributed by atoms with Crippen LogP contribution in [0.15, 0.2) is 66.7 Å². The Hall–Kier alpha value is -3.25. The van der Waals surface area contributed by atoms with E-state index in [-0.39, 0.29) is 10.6 Å². The molecule has 0 aliphatic rings. The molecule has 0 radical (unpaired) electrons. The van der Waals surface area contributed by atoms with E-state index in [1.165, 1.54) is 0 Å². The number of benzene rings is 3. The number of para-hydroxylation sites is 2. The molecule has 4 rings (SSSR count). The molecular weight excluding hydrogens is 396 g/mol. The summed E-state index contributed by atoms with van der Waals surface area (Å²) in [7, 11) is 0. The Labute approximate surface area is 170 Å². The van der Waals surface area contributed by atoms with E-state index < -0.39 is 23.6 Å². The molecule has 4 nitrogen and oxygen atoms in total. The van der Waals surface area contributed by atoms with E-state index in [2.05, 4.69) is 15.3 Å². The van der Waals surface area contributed by atoms with Gasteiger partial charge in [0.15, 0.2) is 11.6 Å². The number of H-pyrrole nitrogens is 1. The number of rotatable bonds is 5. The van der Waals surface area contributed by atoms with E-state index in [9.17, 15) is 13.6 Å². The van der Waals surface area contributed by atoms with Crippen LogP contribution in [0, 0.1) is 11.6 Å². The first-order chi connectivity index (χ1) is 14.0. The van der Waals surface area contributed by atoms with E-state index in [0.29, 0.717) is 12.2 Å². The third kappa shape index (κ3) is 4.12. The number of imidazole rings is 1. The van der Waals surface area contributed by atoms with Crippen LogP contribution in [0.5, 0.6) is 0 Å². The van der Waals surface area contributed by atoms with Crippen molar-refractivity contribution >= 4 is 28.5 Å². The van der Waals surface area contributed by atoms with Gasteiger partial charge in [-0.15, -0.1) is 0 Å². The fourth-order valence-corrected chi connectivity index (χ4v) is 3.37. The first-order valence-electron chi connectivity index (χ1n) is 8.95. The van der Waals surface area contributed by atoms with Crippen molar-refractivity contribution in [2.45, 2.75) is 12.5 Å². The molecule has 1 atom stereocenters. The summed E-state index contributed by atoms with van der Waals surface area (Å²) in [5.74, 6) is -2.30. The van der Waals surface area contributed by atoms with Gasteiger partial charge in [0.2, 0.25) is 0 Å². The highest BCUT2D eigenvalue weighted by molar-refractivity contribution is 6.33. The van der Waals surface area contributed by atoms with Gasteiger partial charge in [0, 0.05) is 0 Å². The van der Waals surface area contributed by atoms with Gasteiger partial charge in [-0.1, -0.05) is 54.1 Å². The average molecular weight is 412 g/mol. The standard InChI is InChI=1S/C22H16ClF2N3O/c23-15-12-17(25)16(24)11-14(15)22(29)28-20(10-13-6-2-1-3-7-13)21-26-18-8-4-5-9-19(18)27-21/h1-9,11-12,20H,10H2,(H,26,27)(H,28,29)/t20-/m0/s1. The molecule has 2 N–H and O–H groups in total. The first-order valence-corrected chi connectivity index (χ1v) is 9.33. The van der Waals surface area contributed by atoms with Crippen LogP contribution in [0.4, 0.5) is 8.78 Å². The monoisotopic (exact) mass is 411 g/mol. The zero-order chi connectivity index (χ0) is 20.4. The number of carbonyl (C=O) groups is 1. The lowest BCUT2D eigenvalue weighted by molar-refractivity contribution is 0.0934. The summed E-state index contributed by atoms with van der Waals surface area (Å²) < 4.78 is 27.0. The number of aromatic amines is 1. The molecule has 1 amide bonds. The lowest BCUT2D eigenvalue weighted by Gasteiger charge is -2.17. The maximum atomic E-state index is 13.6. The molecule has 1 heterocycles. The largest absolute Gasteiger partial charge is 0.342 e. The second kappa shape index (κ2) is 8.01. The quantitative estimate of drug-likeness (QED) is 0.443. The average Bonchev–Trinajstić information content (AvgIpc) is 3.15. The van der Waals surface area contributed by atoms with E-state index in [1.807, 2.05) is 54.6 Å². The maximum absolute atomic E-state index is 13.6. The highest BCUT2D eigenvalue weighted by Crippen LogP contribution is 2.23. The Morgan fingerprint density at radius 2 is 1.72 bits per heavy atom. The number of aromatic nitrogens is 2. The topological polar surface area (TPSA) is 57.8 Å². The number of hydrogen-bond acceptors (Lipinski definition) is 2. The van der Waals surface area contributed by atoms with Crippen LogP contribution in [-0.2, 0) is 6.42 Å². The Morgan fingerprint density at radius 1 is 1.03 bits per heavy atom. The second-order valence-electron chi connectivity index (χ2n) is 6.60. The number of nitrogens with zero attached hydrogens (tertiary/aromatic N) is 1. The molecule has 0 fully saturated rings. The fraction of sp³-hybridized carbons (Fsp3) is 0.0909. The van der Waals surface area contributed by atoms with Gasteiger partial charge in [-0.05, 0) is 36.2 Å². The summed E-state index contributed by atoms with van der Waals surface area (Å²) in [6.07, 6.45) is 0.452. The lowest BCUT2D eigenvalue weighted by Crippen LogP contribution is -2.31. The predicted molar refractivity (Wildman–Crippen MR) is 108 cm³/mol. The summed E-state index contributed by atoms with van der Waals surface area (Å²) in [6, 6.07) is 18.2. The fourth-order valence-electron chi connectivity index (χ4n) is 3.14. The minimum Gasteiger partial charge on any atom is -0.342 e. The third-order valence-electron chi connectivity index (χ3n) is 4.58. The molecule has 0 saturated carbocycles. The van der Waals surface area contributed by atoms with Gasteiger partial charge in [0.05, 0.1) is 27.7 Å². The zero-order valence-electron chi connectivity index (χ0n) is 15.1. The molecule has 0 bridgehead atoms. The van der Waals surface area contributed by atoms with Gasteiger partial charge >= 0.3 is 0 Å². The molecule has 7 heteroatoms. The van der Waals surface area contributed by atoms with Crippen LogP contribution in [0.25, 0.3) is 11.0 Å². The van der Waals surface area contributed by atoms with E-state index in [0.717, 1.165) is 28.7 Å². The number of fused-ring (bicyclic) bond motifs is 1. The molecule has 3 aromatic carbocycles. The normalized spacial score (nSPS) is 12.1. The Morgan fingerprint density at radius 3 is 2.48 bits per heavy atom. The van der Waals surface area contributed by atoms with Crippen molar-refractivity contribution in [1.29, 1.82) is 0 Å². The number of halogens is 3. The molecule has 29 heavy (non-hydrogen) atoms. The van der Waals surface area contributed by atoms with Crippen molar-refractivity contribution in [3.8, 4) is 0 Å². The Kier molecular flexibility index (Phi) is 5.27. The molecule has 0 unspecified atom stereocenters. The van der Waals surface area contributed by atoms with Crippen molar-refractivity contribution in [3.05, 3.63) is 100 Å². The van der Waals surface area contributed by atoms with Gasteiger partial charge in [-0.3, -0.25) is 4.79 Å². The summed E-state index contributed by atoms with van der Waals surface area (Å²) in [6.45, 7) is 0. The zero-order valence-corrected chi connectivity index (χ0v) is 15.9. The van der Waals surface area contributed by atoms with Crippen LogP contribution in [0.3, 0.4) is 0 Å². The smallest absolute Gasteiger partial charge is 0.253 e. The molecule has 0 aliphatic heterocycles. The predicted octanol–water partition coefficient (Wildman–Crippen LogP) is 5.21. The second-order valence-corrected chi connectivity index (χ2v) is 7.01. The summed E-state index contributed by atoms with van der Waals surface area (Å²) in [5.41, 5.74) is 2.44. The SMILES string of the molecule is O=C(N[C@@H](Cc1ccccc1)c1nc2ccccc2[nH]1)c1cc(F)c(F)cc1Cl. The number of carbonyl (C=O) groups excluding carboxylic acids is 1. The van der Waals surface area contributed by atoms with Gasteiger partial charge in [0.1, 0.15) is 5.82 Å². The van der Waals surface area contributed by atoms with E-state index in [4.69, 9.17) is 11.6 Å². The number of nitrogens with one attached hydrogen (secondary N) is 2. The molecule has 0 aliphatic carbocycles. The van der Waals surface area contributed by atoms with Gasteiger partial charge < -0.3 is 10.3 Å². The Bertz CT molecular complexity index is 1140. The van der Waals surface area contributed by atoms with Gasteiger partial charge in [0.25, 0.3) is 5.91 Å². The van der Waals surface area contributed by atoms with Crippen molar-refractivity contribution in [2.75, 3.05) is 0 Å². The van der Waals surface area contributed by atoms with Crippen molar-refractivity contribution < 1.29 is 13.6 Å². The summed E-state index contributed by atoms with van der Waals surface area (Å²) >= 11 is 5.96. The van der Waals surface area contributed by atoms with Gasteiger partial charge in [-0.2, -0.15) is 0 Å². The highest BCUT2D eigenvalue weighted by atomic mass is 35.5. The highest BCUT2D eigenvalue weighted by Gasteiger charge is 2.22. The molecule has 1 aromatic heterocycles. The molecule has 0 saturated heterocycles. The maximum Gasteiger partial charge on any atom is 0.253 e. The van der Waals surface area contributed by atoms with Crippen LogP contribution < -0.4 is 5.32 Å². The van der Waals surface area contributed by atoms with Gasteiger partial charge in [-0.25, -0.2) is 13.8 Å². The van der Waals surface area contributed by atoms with Crippen molar-refractivity contribution in [1.82, 2.24) is 15.3 Å². The van der Waals surface area contributed by atoms with Crippen LogP contribution in [0.2, 0.25) is 5.02 Å². The van der Waals surface area contributed by atoms with E-state index in [1.54, 1.807) is 0 Å². The molecule has 4 aromatic rings. The molecule has 146 valence electrons.